The molecule has 0 atom stereocenters. The van der Waals surface area contributed by atoms with Gasteiger partial charge in [-0.15, -0.1) is 0 Å². The maximum absolute atomic E-state index is 11.7. The number of hydrogen-bond acceptors (Lipinski definition) is 3. The fraction of sp³-hybridized carbons (Fsp3) is 0.105. The number of carbonyl (C=O) groups excluding carboxylic acids is 1. The summed E-state index contributed by atoms with van der Waals surface area (Å²) >= 11 is 0. The van der Waals surface area contributed by atoms with Gasteiger partial charge in [0.1, 0.15) is 5.57 Å². The second-order valence-corrected chi connectivity index (χ2v) is 4.62. The van der Waals surface area contributed by atoms with E-state index in [4.69, 9.17) is 9.47 Å². The molecule has 0 amide bonds. The van der Waals surface area contributed by atoms with Crippen LogP contribution in [0.1, 0.15) is 16.7 Å². The first kappa shape index (κ1) is 15.6. The average Bonchev–Trinajstić information content (AvgIpc) is 2.59. The van der Waals surface area contributed by atoms with E-state index >= 15 is 0 Å². The van der Waals surface area contributed by atoms with Crippen LogP contribution in [0.4, 0.5) is 0 Å². The number of methoxy groups -OCH3 is 2. The van der Waals surface area contributed by atoms with E-state index < -0.39 is 5.97 Å². The van der Waals surface area contributed by atoms with Crippen molar-refractivity contribution in [3.05, 3.63) is 77.5 Å². The first-order valence-electron chi connectivity index (χ1n) is 6.89. The van der Waals surface area contributed by atoms with Crippen LogP contribution in [-0.4, -0.2) is 20.2 Å². The third-order valence-electron chi connectivity index (χ3n) is 3.13. The molecule has 0 fully saturated rings. The largest absolute Gasteiger partial charge is 0.503 e. The van der Waals surface area contributed by atoms with E-state index in [1.807, 2.05) is 66.7 Å². The maximum Gasteiger partial charge on any atom is 0.341 e. The Balaban J connectivity index is 2.18. The zero-order valence-corrected chi connectivity index (χ0v) is 12.7. The summed E-state index contributed by atoms with van der Waals surface area (Å²) in [4.78, 5) is 11.7. The smallest absolute Gasteiger partial charge is 0.341 e. The summed E-state index contributed by atoms with van der Waals surface area (Å²) < 4.78 is 9.69. The van der Waals surface area contributed by atoms with Gasteiger partial charge in [-0.05, 0) is 16.7 Å². The number of carbonyl (C=O) groups is 1. The molecule has 0 aliphatic carbocycles. The van der Waals surface area contributed by atoms with Crippen molar-refractivity contribution in [2.75, 3.05) is 14.2 Å². The lowest BCUT2D eigenvalue weighted by Crippen LogP contribution is -2.04. The molecule has 0 aliphatic rings. The molecule has 0 saturated carbocycles. The van der Waals surface area contributed by atoms with Gasteiger partial charge in [0.15, 0.2) is 0 Å². The van der Waals surface area contributed by atoms with Crippen molar-refractivity contribution in [3.63, 3.8) is 0 Å². The molecule has 22 heavy (non-hydrogen) atoms. The Kier molecular flexibility index (Phi) is 5.55. The van der Waals surface area contributed by atoms with Crippen molar-refractivity contribution in [1.82, 2.24) is 0 Å². The Bertz CT molecular complexity index is 668. The molecule has 3 nitrogen and oxygen atoms in total. The van der Waals surface area contributed by atoms with Gasteiger partial charge in [-0.3, -0.25) is 0 Å². The zero-order valence-electron chi connectivity index (χ0n) is 12.7. The van der Waals surface area contributed by atoms with Crippen LogP contribution in [0.25, 0.3) is 17.7 Å². The van der Waals surface area contributed by atoms with E-state index in [0.717, 1.165) is 16.7 Å². The zero-order chi connectivity index (χ0) is 15.8. The van der Waals surface area contributed by atoms with Crippen LogP contribution >= 0.6 is 0 Å². The standard InChI is InChI=1S/C19H18O3/c1-21-14-18(19(20)22-2)17-12-10-16(11-13-17)9-8-15-6-4-3-5-7-15/h3-14H,1-2H3/b9-8+,18-14+. The van der Waals surface area contributed by atoms with Crippen LogP contribution in [0.5, 0.6) is 0 Å². The minimum atomic E-state index is -0.422. The quantitative estimate of drug-likeness (QED) is 0.362. The van der Waals surface area contributed by atoms with Crippen LogP contribution in [0, 0.1) is 0 Å². The molecule has 0 aliphatic heterocycles. The number of esters is 1. The second-order valence-electron chi connectivity index (χ2n) is 4.62. The second kappa shape index (κ2) is 7.84. The van der Waals surface area contributed by atoms with Crippen LogP contribution in [0.3, 0.4) is 0 Å². The van der Waals surface area contributed by atoms with Crippen molar-refractivity contribution >= 4 is 23.7 Å². The fourth-order valence-corrected chi connectivity index (χ4v) is 1.99. The van der Waals surface area contributed by atoms with E-state index in [1.54, 1.807) is 0 Å². The summed E-state index contributed by atoms with van der Waals surface area (Å²) in [5.41, 5.74) is 3.34. The van der Waals surface area contributed by atoms with Gasteiger partial charge < -0.3 is 9.47 Å². The van der Waals surface area contributed by atoms with Crippen molar-refractivity contribution in [3.8, 4) is 0 Å². The van der Waals surface area contributed by atoms with Crippen LogP contribution < -0.4 is 0 Å². The van der Waals surface area contributed by atoms with Crippen LogP contribution in [-0.2, 0) is 14.3 Å². The molecule has 0 N–H and O–H groups in total. The first-order chi connectivity index (χ1) is 10.7. The minimum Gasteiger partial charge on any atom is -0.503 e. The highest BCUT2D eigenvalue weighted by molar-refractivity contribution is 6.16. The van der Waals surface area contributed by atoms with Crippen molar-refractivity contribution in [2.24, 2.45) is 0 Å². The number of benzene rings is 2. The number of hydrogen-bond donors (Lipinski definition) is 0. The Hall–Kier alpha value is -2.81. The lowest BCUT2D eigenvalue weighted by atomic mass is 10.0. The topological polar surface area (TPSA) is 35.5 Å². The van der Waals surface area contributed by atoms with Gasteiger partial charge >= 0.3 is 5.97 Å². The Morgan fingerprint density at radius 2 is 1.45 bits per heavy atom. The predicted molar refractivity (Wildman–Crippen MR) is 88.8 cm³/mol. The summed E-state index contributed by atoms with van der Waals surface area (Å²) in [6, 6.07) is 17.7. The molecule has 0 unspecified atom stereocenters. The van der Waals surface area contributed by atoms with Gasteiger partial charge in [0.25, 0.3) is 0 Å². The Morgan fingerprint density at radius 1 is 0.864 bits per heavy atom. The SMILES string of the molecule is CO/C=C(/C(=O)OC)c1ccc(/C=C/c2ccccc2)cc1. The Labute approximate surface area is 130 Å². The molecule has 0 spiro atoms. The van der Waals surface area contributed by atoms with Gasteiger partial charge in [0.05, 0.1) is 20.5 Å². The molecule has 0 heterocycles. The lowest BCUT2D eigenvalue weighted by Gasteiger charge is -2.05. The summed E-state index contributed by atoms with van der Waals surface area (Å²) in [5.74, 6) is -0.422. The van der Waals surface area contributed by atoms with Gasteiger partial charge in [-0.25, -0.2) is 4.79 Å². The minimum absolute atomic E-state index is 0.392. The van der Waals surface area contributed by atoms with Gasteiger partial charge in [-0.1, -0.05) is 66.7 Å². The molecule has 0 aromatic heterocycles. The number of rotatable bonds is 5. The van der Waals surface area contributed by atoms with Crippen molar-refractivity contribution in [2.45, 2.75) is 0 Å². The van der Waals surface area contributed by atoms with Gasteiger partial charge in [-0.2, -0.15) is 0 Å². The molecule has 3 heteroatoms. The van der Waals surface area contributed by atoms with E-state index in [2.05, 4.69) is 0 Å². The summed E-state index contributed by atoms with van der Waals surface area (Å²) in [6.07, 6.45) is 5.46. The van der Waals surface area contributed by atoms with E-state index in [0.29, 0.717) is 5.57 Å². The summed E-state index contributed by atoms with van der Waals surface area (Å²) in [7, 11) is 2.85. The maximum atomic E-state index is 11.7. The van der Waals surface area contributed by atoms with Crippen LogP contribution in [0.15, 0.2) is 60.9 Å². The third kappa shape index (κ3) is 4.09. The molecule has 0 bridgehead atoms. The van der Waals surface area contributed by atoms with E-state index in [-0.39, 0.29) is 0 Å². The molecule has 2 rings (SSSR count). The molecular formula is C19H18O3. The average molecular weight is 294 g/mol. The highest BCUT2D eigenvalue weighted by Gasteiger charge is 2.12. The van der Waals surface area contributed by atoms with Crippen molar-refractivity contribution < 1.29 is 14.3 Å². The molecule has 0 saturated heterocycles. The fourth-order valence-electron chi connectivity index (χ4n) is 1.99. The van der Waals surface area contributed by atoms with Crippen molar-refractivity contribution in [1.29, 1.82) is 0 Å². The highest BCUT2D eigenvalue weighted by atomic mass is 16.5. The number of ether oxygens (including phenoxy) is 2. The Morgan fingerprint density at radius 3 is 2.00 bits per heavy atom. The van der Waals surface area contributed by atoms with Gasteiger partial charge in [0.2, 0.25) is 0 Å². The molecule has 112 valence electrons. The van der Waals surface area contributed by atoms with E-state index in [9.17, 15) is 4.79 Å². The highest BCUT2D eigenvalue weighted by Crippen LogP contribution is 2.18. The molecule has 0 radical (unpaired) electrons. The predicted octanol–water partition coefficient (Wildman–Crippen LogP) is 4.02. The molecule has 2 aromatic carbocycles. The summed E-state index contributed by atoms with van der Waals surface area (Å²) in [6.45, 7) is 0. The van der Waals surface area contributed by atoms with E-state index in [1.165, 1.54) is 20.5 Å². The summed E-state index contributed by atoms with van der Waals surface area (Å²) in [5, 5.41) is 0. The lowest BCUT2D eigenvalue weighted by molar-refractivity contribution is -0.133. The first-order valence-corrected chi connectivity index (χ1v) is 6.89. The third-order valence-corrected chi connectivity index (χ3v) is 3.13. The normalized spacial score (nSPS) is 11.5. The van der Waals surface area contributed by atoms with Crippen LogP contribution in [0.2, 0.25) is 0 Å². The molecular weight excluding hydrogens is 276 g/mol. The monoisotopic (exact) mass is 294 g/mol. The van der Waals surface area contributed by atoms with Gasteiger partial charge in [0, 0.05) is 0 Å². The molecule has 2 aromatic rings.